The Morgan fingerprint density at radius 1 is 0.878 bits per heavy atom. The maximum Gasteiger partial charge on any atom is 0.223 e. The molecule has 2 saturated heterocycles. The van der Waals surface area contributed by atoms with Crippen LogP contribution in [0.3, 0.4) is 0 Å². The minimum Gasteiger partial charge on any atom is -0.316 e. The van der Waals surface area contributed by atoms with Gasteiger partial charge < -0.3 is 16.0 Å². The SMILES string of the molecule is CC(=O)Nc1ncc(C=O)s1.CC(=O)Nc1ncc(CN2CCCC(Cc3ccnc(C)c3)C2)s1.Cc1cc(CC2CCCNC2)ccn1. The highest BCUT2D eigenvalue weighted by atomic mass is 32.1. The third-order valence-electron chi connectivity index (χ3n) is 8.11. The van der Waals surface area contributed by atoms with Crippen LogP contribution in [-0.4, -0.2) is 69.1 Å². The second-order valence-corrected chi connectivity index (χ2v) is 14.8. The number of anilines is 2. The highest BCUT2D eigenvalue weighted by Crippen LogP contribution is 2.25. The number of hydrogen-bond donors (Lipinski definition) is 3. The molecule has 2 aliphatic heterocycles. The first-order chi connectivity index (χ1) is 23.6. The molecule has 11 nitrogen and oxygen atoms in total. The van der Waals surface area contributed by atoms with Crippen molar-refractivity contribution in [3.63, 3.8) is 0 Å². The van der Waals surface area contributed by atoms with Crippen LogP contribution in [0, 0.1) is 25.7 Å². The molecule has 2 amide bonds. The van der Waals surface area contributed by atoms with Gasteiger partial charge in [0.15, 0.2) is 16.5 Å². The third-order valence-corrected chi connectivity index (χ3v) is 9.85. The number of rotatable bonds is 9. The van der Waals surface area contributed by atoms with E-state index in [4.69, 9.17) is 0 Å². The molecule has 6 heterocycles. The molecule has 0 saturated carbocycles. The van der Waals surface area contributed by atoms with Crippen molar-refractivity contribution in [1.82, 2.24) is 30.2 Å². The number of likely N-dealkylation sites (tertiary alicyclic amines) is 1. The van der Waals surface area contributed by atoms with Gasteiger partial charge in [-0.3, -0.25) is 29.3 Å². The lowest BCUT2D eigenvalue weighted by molar-refractivity contribution is -0.115. The zero-order valence-electron chi connectivity index (χ0n) is 28.9. The first-order valence-electron chi connectivity index (χ1n) is 16.8. The number of amides is 2. The standard InChI is InChI=1S/C18H24N4OS.C12H18N2.C6H6N2O2S/c1-13-8-15(5-6-19-13)9-16-4-3-7-22(11-16)12-17-10-20-18(24-17)21-14(2)23;1-10-7-11(4-6-14-10)8-12-3-2-5-13-9-12;1-4(10)8-6-7-2-5(3-9)11-6/h5-6,8,10,16H,3-4,7,9,11-12H2,1-2H3,(H,20,21,23);4,6-7,12-13H,2-3,5,8-9H2,1H3;2-3H,1H3,(H,7,8,10). The van der Waals surface area contributed by atoms with E-state index in [-0.39, 0.29) is 11.8 Å². The second-order valence-electron chi connectivity index (χ2n) is 12.7. The van der Waals surface area contributed by atoms with Gasteiger partial charge in [0.2, 0.25) is 11.8 Å². The monoisotopic (exact) mass is 704 g/mol. The Bertz CT molecular complexity index is 1640. The Morgan fingerprint density at radius 2 is 1.49 bits per heavy atom. The van der Waals surface area contributed by atoms with Crippen LogP contribution in [0.15, 0.2) is 49.1 Å². The number of aldehydes is 1. The second kappa shape index (κ2) is 19.9. The Morgan fingerprint density at radius 3 is 2.06 bits per heavy atom. The van der Waals surface area contributed by atoms with E-state index in [1.807, 2.05) is 25.5 Å². The number of piperidine rings is 2. The van der Waals surface area contributed by atoms with Crippen LogP contribution in [0.1, 0.15) is 76.6 Å². The van der Waals surface area contributed by atoms with Gasteiger partial charge in [0, 0.05) is 61.8 Å². The van der Waals surface area contributed by atoms with Gasteiger partial charge in [-0.2, -0.15) is 0 Å². The van der Waals surface area contributed by atoms with Crippen molar-refractivity contribution in [3.05, 3.63) is 81.3 Å². The number of hydrogen-bond acceptors (Lipinski definition) is 11. The van der Waals surface area contributed by atoms with E-state index < -0.39 is 0 Å². The number of pyridine rings is 2. The average Bonchev–Trinajstić information content (AvgIpc) is 3.70. The van der Waals surface area contributed by atoms with Crippen molar-refractivity contribution in [2.45, 2.75) is 72.8 Å². The molecule has 3 N–H and O–H groups in total. The number of aryl methyl sites for hydroxylation is 2. The highest BCUT2D eigenvalue weighted by molar-refractivity contribution is 7.17. The zero-order valence-corrected chi connectivity index (χ0v) is 30.5. The molecular weight excluding hydrogens is 657 g/mol. The van der Waals surface area contributed by atoms with Crippen LogP contribution in [-0.2, 0) is 29.0 Å². The summed E-state index contributed by atoms with van der Waals surface area (Å²) in [5.41, 5.74) is 5.05. The van der Waals surface area contributed by atoms with Gasteiger partial charge >= 0.3 is 0 Å². The lowest BCUT2D eigenvalue weighted by Crippen LogP contribution is -2.35. The zero-order chi connectivity index (χ0) is 35.0. The smallest absolute Gasteiger partial charge is 0.223 e. The van der Waals surface area contributed by atoms with Crippen LogP contribution in [0.25, 0.3) is 0 Å². The first-order valence-corrected chi connectivity index (χ1v) is 18.5. The maximum absolute atomic E-state index is 11.1. The molecule has 4 aromatic heterocycles. The fourth-order valence-corrected chi connectivity index (χ4v) is 7.63. The van der Waals surface area contributed by atoms with E-state index in [0.717, 1.165) is 54.7 Å². The molecule has 0 spiro atoms. The molecule has 262 valence electrons. The van der Waals surface area contributed by atoms with Crippen molar-refractivity contribution < 1.29 is 14.4 Å². The topological polar surface area (TPSA) is 142 Å². The van der Waals surface area contributed by atoms with E-state index >= 15 is 0 Å². The van der Waals surface area contributed by atoms with E-state index in [1.165, 1.54) is 81.2 Å². The summed E-state index contributed by atoms with van der Waals surface area (Å²) >= 11 is 2.72. The van der Waals surface area contributed by atoms with Crippen molar-refractivity contribution in [3.8, 4) is 0 Å². The molecule has 6 rings (SSSR count). The molecule has 0 bridgehead atoms. The molecule has 0 aliphatic carbocycles. The van der Waals surface area contributed by atoms with Crippen LogP contribution < -0.4 is 16.0 Å². The normalized spacial score (nSPS) is 17.5. The van der Waals surface area contributed by atoms with Gasteiger partial charge in [-0.15, -0.1) is 11.3 Å². The van der Waals surface area contributed by atoms with E-state index in [9.17, 15) is 14.4 Å². The van der Waals surface area contributed by atoms with Gasteiger partial charge in [0.25, 0.3) is 0 Å². The Labute approximate surface area is 297 Å². The van der Waals surface area contributed by atoms with Gasteiger partial charge in [-0.25, -0.2) is 9.97 Å². The summed E-state index contributed by atoms with van der Waals surface area (Å²) in [6.45, 7) is 12.6. The van der Waals surface area contributed by atoms with Crippen molar-refractivity contribution >= 4 is 51.0 Å². The Hall–Kier alpha value is -3.91. The summed E-state index contributed by atoms with van der Waals surface area (Å²) in [4.78, 5) is 52.5. The molecule has 0 radical (unpaired) electrons. The maximum atomic E-state index is 11.1. The largest absolute Gasteiger partial charge is 0.316 e. The number of nitrogens with one attached hydrogen (secondary N) is 3. The van der Waals surface area contributed by atoms with Gasteiger partial charge in [0.1, 0.15) is 0 Å². The fraction of sp³-hybridized carbons (Fsp3) is 0.472. The molecule has 2 aliphatic rings. The van der Waals surface area contributed by atoms with Gasteiger partial charge in [0.05, 0.1) is 11.1 Å². The summed E-state index contributed by atoms with van der Waals surface area (Å²) in [7, 11) is 0. The minimum atomic E-state index is -0.184. The van der Waals surface area contributed by atoms with Crippen LogP contribution in [0.5, 0.6) is 0 Å². The predicted octanol–water partition coefficient (Wildman–Crippen LogP) is 6.11. The Kier molecular flexibility index (Phi) is 15.4. The molecule has 4 aromatic rings. The number of carbonyl (C=O) groups is 3. The highest BCUT2D eigenvalue weighted by Gasteiger charge is 2.21. The average molecular weight is 705 g/mol. The molecule has 49 heavy (non-hydrogen) atoms. The minimum absolute atomic E-state index is 0.0680. The predicted molar refractivity (Wildman–Crippen MR) is 197 cm³/mol. The first kappa shape index (κ1) is 37.9. The fourth-order valence-electron chi connectivity index (χ4n) is 6.05. The lowest BCUT2D eigenvalue weighted by Gasteiger charge is -2.32. The molecular formula is C36H48N8O3S2. The van der Waals surface area contributed by atoms with Crippen LogP contribution >= 0.6 is 22.7 Å². The summed E-state index contributed by atoms with van der Waals surface area (Å²) in [6, 6.07) is 8.67. The molecule has 2 fully saturated rings. The van der Waals surface area contributed by atoms with E-state index in [0.29, 0.717) is 27.3 Å². The van der Waals surface area contributed by atoms with Crippen LogP contribution in [0.4, 0.5) is 10.3 Å². The van der Waals surface area contributed by atoms with E-state index in [1.54, 1.807) is 11.3 Å². The molecule has 13 heteroatoms. The van der Waals surface area contributed by atoms with Crippen LogP contribution in [0.2, 0.25) is 0 Å². The summed E-state index contributed by atoms with van der Waals surface area (Å²) in [5, 5.41) is 9.83. The van der Waals surface area contributed by atoms with E-state index in [2.05, 4.69) is 72.0 Å². The molecule has 2 unspecified atom stereocenters. The summed E-state index contributed by atoms with van der Waals surface area (Å²) < 4.78 is 0. The van der Waals surface area contributed by atoms with Crippen molar-refractivity contribution in [1.29, 1.82) is 0 Å². The summed E-state index contributed by atoms with van der Waals surface area (Å²) in [6.07, 6.45) is 15.4. The lowest BCUT2D eigenvalue weighted by atomic mass is 9.91. The van der Waals surface area contributed by atoms with Crippen molar-refractivity contribution in [2.24, 2.45) is 11.8 Å². The number of carbonyl (C=O) groups excluding carboxylic acids is 3. The third kappa shape index (κ3) is 14.2. The summed E-state index contributed by atoms with van der Waals surface area (Å²) in [5.74, 6) is 1.27. The molecule has 2 atom stereocenters. The number of aromatic nitrogens is 4. The van der Waals surface area contributed by atoms with Gasteiger partial charge in [-0.05, 0) is 119 Å². The quantitative estimate of drug-likeness (QED) is 0.176. The number of nitrogens with zero attached hydrogens (tertiary/aromatic N) is 5. The Balaban J connectivity index is 0.000000183. The number of thiazole rings is 2. The van der Waals surface area contributed by atoms with Gasteiger partial charge in [-0.1, -0.05) is 11.3 Å². The van der Waals surface area contributed by atoms with Crippen molar-refractivity contribution in [2.75, 3.05) is 36.8 Å². The molecule has 0 aromatic carbocycles.